The number of aryl methyl sites for hydroxylation is 1. The zero-order valence-corrected chi connectivity index (χ0v) is 18.9. The van der Waals surface area contributed by atoms with E-state index < -0.39 is 0 Å². The van der Waals surface area contributed by atoms with Gasteiger partial charge in [-0.3, -0.25) is 15.6 Å². The van der Waals surface area contributed by atoms with Gasteiger partial charge < -0.3 is 15.5 Å². The predicted octanol–water partition coefficient (Wildman–Crippen LogP) is 3.41. The number of carbonyl (C=O) groups is 1. The summed E-state index contributed by atoms with van der Waals surface area (Å²) >= 11 is 5.87. The number of hydrogen-bond acceptors (Lipinski definition) is 7. The fourth-order valence-corrected chi connectivity index (χ4v) is 3.89. The van der Waals surface area contributed by atoms with Crippen LogP contribution in [0, 0.1) is 13.8 Å². The highest BCUT2D eigenvalue weighted by Crippen LogP contribution is 2.29. The van der Waals surface area contributed by atoms with Gasteiger partial charge in [-0.1, -0.05) is 23.7 Å². The summed E-state index contributed by atoms with van der Waals surface area (Å²) in [6, 6.07) is 13.0. The van der Waals surface area contributed by atoms with Crippen LogP contribution in [0.25, 0.3) is 0 Å². The third-order valence-electron chi connectivity index (χ3n) is 5.76. The first kappa shape index (κ1) is 21.7. The maximum atomic E-state index is 12.3. The Hall–Kier alpha value is -3.52. The highest BCUT2D eigenvalue weighted by Gasteiger charge is 2.22. The van der Waals surface area contributed by atoms with Gasteiger partial charge in [-0.25, -0.2) is 9.97 Å². The molecular formula is C23H26ClN7O. The molecular weight excluding hydrogens is 426 g/mol. The van der Waals surface area contributed by atoms with Crippen molar-refractivity contribution in [3.8, 4) is 0 Å². The number of anilines is 4. The quantitative estimate of drug-likeness (QED) is 0.511. The Bertz CT molecular complexity index is 1110. The van der Waals surface area contributed by atoms with E-state index in [2.05, 4.69) is 62.7 Å². The van der Waals surface area contributed by atoms with E-state index in [4.69, 9.17) is 17.3 Å². The number of halogens is 1. The molecule has 0 bridgehead atoms. The minimum absolute atomic E-state index is 0.316. The van der Waals surface area contributed by atoms with Gasteiger partial charge in [0.1, 0.15) is 12.0 Å². The summed E-state index contributed by atoms with van der Waals surface area (Å²) in [7, 11) is 0. The summed E-state index contributed by atoms with van der Waals surface area (Å²) in [5.74, 6) is 0.696. The molecule has 2 aromatic carbocycles. The zero-order chi connectivity index (χ0) is 22.7. The summed E-state index contributed by atoms with van der Waals surface area (Å²) in [6.07, 6.45) is 1.44. The molecule has 0 radical (unpaired) electrons. The van der Waals surface area contributed by atoms with E-state index in [0.717, 1.165) is 26.2 Å². The second-order valence-electron chi connectivity index (χ2n) is 7.74. The van der Waals surface area contributed by atoms with E-state index in [1.165, 1.54) is 23.1 Å². The molecule has 0 atom stereocenters. The Balaban J connectivity index is 1.41. The molecule has 32 heavy (non-hydrogen) atoms. The van der Waals surface area contributed by atoms with E-state index in [-0.39, 0.29) is 5.91 Å². The van der Waals surface area contributed by atoms with Crippen molar-refractivity contribution in [1.29, 1.82) is 0 Å². The van der Waals surface area contributed by atoms with Gasteiger partial charge in [0.05, 0.1) is 0 Å². The van der Waals surface area contributed by atoms with Crippen LogP contribution < -0.4 is 26.4 Å². The normalized spacial score (nSPS) is 13.7. The molecule has 0 saturated carbocycles. The van der Waals surface area contributed by atoms with Gasteiger partial charge in [0, 0.05) is 42.5 Å². The maximum Gasteiger partial charge on any atom is 0.269 e. The first-order valence-corrected chi connectivity index (χ1v) is 10.8. The summed E-state index contributed by atoms with van der Waals surface area (Å²) in [6.45, 7) is 7.59. The molecule has 8 nitrogen and oxygen atoms in total. The Kier molecular flexibility index (Phi) is 6.32. The number of piperazine rings is 1. The van der Waals surface area contributed by atoms with Crippen molar-refractivity contribution in [2.24, 2.45) is 0 Å². The zero-order valence-electron chi connectivity index (χ0n) is 18.1. The van der Waals surface area contributed by atoms with Crippen molar-refractivity contribution in [2.75, 3.05) is 47.1 Å². The molecule has 2 heterocycles. The number of aromatic nitrogens is 2. The Labute approximate surface area is 192 Å². The fourth-order valence-electron chi connectivity index (χ4n) is 3.76. The number of hydrazine groups is 1. The highest BCUT2D eigenvalue weighted by molar-refractivity contribution is 6.30. The lowest BCUT2D eigenvalue weighted by Crippen LogP contribution is -2.47. The van der Waals surface area contributed by atoms with Gasteiger partial charge in [0.2, 0.25) is 0 Å². The SMILES string of the molecule is Cc1cccc(N2CCN(c3ncnc(NNC(=O)c4ccc(Cl)cc4)c3N)CC2)c1C. The van der Waals surface area contributed by atoms with Crippen molar-refractivity contribution in [2.45, 2.75) is 13.8 Å². The van der Waals surface area contributed by atoms with Crippen LogP contribution in [0.1, 0.15) is 21.5 Å². The molecule has 9 heteroatoms. The third-order valence-corrected chi connectivity index (χ3v) is 6.01. The van der Waals surface area contributed by atoms with Crippen LogP contribution in [0.2, 0.25) is 5.02 Å². The molecule has 4 rings (SSSR count). The second-order valence-corrected chi connectivity index (χ2v) is 8.18. The van der Waals surface area contributed by atoms with Crippen LogP contribution in [0.15, 0.2) is 48.8 Å². The number of rotatable bonds is 5. The predicted molar refractivity (Wildman–Crippen MR) is 129 cm³/mol. The fraction of sp³-hybridized carbons (Fsp3) is 0.261. The Morgan fingerprint density at radius 3 is 2.41 bits per heavy atom. The number of amides is 1. The monoisotopic (exact) mass is 451 g/mol. The average Bonchev–Trinajstić information content (AvgIpc) is 2.81. The van der Waals surface area contributed by atoms with Gasteiger partial charge in [-0.15, -0.1) is 0 Å². The van der Waals surface area contributed by atoms with E-state index in [9.17, 15) is 4.79 Å². The van der Waals surface area contributed by atoms with E-state index in [1.807, 2.05) is 0 Å². The van der Waals surface area contributed by atoms with E-state index >= 15 is 0 Å². The molecule has 0 aliphatic carbocycles. The molecule has 1 fully saturated rings. The third kappa shape index (κ3) is 4.55. The number of nitrogen functional groups attached to an aromatic ring is 1. The van der Waals surface area contributed by atoms with Crippen molar-refractivity contribution in [1.82, 2.24) is 15.4 Å². The van der Waals surface area contributed by atoms with Gasteiger partial charge in [0.15, 0.2) is 11.6 Å². The van der Waals surface area contributed by atoms with Crippen molar-refractivity contribution in [3.63, 3.8) is 0 Å². The van der Waals surface area contributed by atoms with Crippen LogP contribution in [0.5, 0.6) is 0 Å². The topological polar surface area (TPSA) is 99.4 Å². The van der Waals surface area contributed by atoms with Crippen LogP contribution >= 0.6 is 11.6 Å². The number of nitrogens with one attached hydrogen (secondary N) is 2. The number of hydrogen-bond donors (Lipinski definition) is 3. The first-order valence-electron chi connectivity index (χ1n) is 10.4. The lowest BCUT2D eigenvalue weighted by molar-refractivity contribution is 0.0962. The minimum atomic E-state index is -0.316. The molecule has 0 spiro atoms. The lowest BCUT2D eigenvalue weighted by Gasteiger charge is -2.38. The highest BCUT2D eigenvalue weighted by atomic mass is 35.5. The van der Waals surface area contributed by atoms with E-state index in [1.54, 1.807) is 24.3 Å². The number of carbonyl (C=O) groups excluding carboxylic acids is 1. The van der Waals surface area contributed by atoms with Crippen LogP contribution in [-0.2, 0) is 0 Å². The summed E-state index contributed by atoms with van der Waals surface area (Å²) in [4.78, 5) is 25.4. The first-order chi connectivity index (χ1) is 15.4. The van der Waals surface area contributed by atoms with Gasteiger partial charge in [-0.05, 0) is 55.3 Å². The molecule has 1 saturated heterocycles. The van der Waals surface area contributed by atoms with Crippen LogP contribution in [0.4, 0.5) is 23.0 Å². The molecule has 1 aromatic heterocycles. The largest absolute Gasteiger partial charge is 0.393 e. The summed E-state index contributed by atoms with van der Waals surface area (Å²) in [5.41, 5.74) is 16.5. The molecule has 3 aromatic rings. The summed E-state index contributed by atoms with van der Waals surface area (Å²) < 4.78 is 0. The number of nitrogens with two attached hydrogens (primary N) is 1. The van der Waals surface area contributed by atoms with Crippen molar-refractivity contribution < 1.29 is 4.79 Å². The molecule has 0 unspecified atom stereocenters. The number of benzene rings is 2. The van der Waals surface area contributed by atoms with Gasteiger partial charge >= 0.3 is 0 Å². The van der Waals surface area contributed by atoms with E-state index in [0.29, 0.717) is 27.9 Å². The average molecular weight is 452 g/mol. The molecule has 1 aliphatic heterocycles. The van der Waals surface area contributed by atoms with Crippen molar-refractivity contribution in [3.05, 3.63) is 70.5 Å². The summed E-state index contributed by atoms with van der Waals surface area (Å²) in [5, 5.41) is 0.567. The maximum absolute atomic E-state index is 12.3. The molecule has 4 N–H and O–H groups in total. The molecule has 1 aliphatic rings. The smallest absolute Gasteiger partial charge is 0.269 e. The van der Waals surface area contributed by atoms with Crippen LogP contribution in [0.3, 0.4) is 0 Å². The van der Waals surface area contributed by atoms with Crippen molar-refractivity contribution >= 4 is 40.5 Å². The van der Waals surface area contributed by atoms with Crippen LogP contribution in [-0.4, -0.2) is 42.1 Å². The Morgan fingerprint density at radius 2 is 1.69 bits per heavy atom. The minimum Gasteiger partial charge on any atom is -0.393 e. The second kappa shape index (κ2) is 9.32. The molecule has 1 amide bonds. The molecule has 166 valence electrons. The van der Waals surface area contributed by atoms with Gasteiger partial charge in [0.25, 0.3) is 5.91 Å². The lowest BCUT2D eigenvalue weighted by atomic mass is 10.1. The standard InChI is InChI=1S/C23H26ClN7O/c1-15-4-3-5-19(16(15)2)30-10-12-31(13-11-30)22-20(25)21(26-14-27-22)28-29-23(32)17-6-8-18(24)9-7-17/h3-9,14H,10-13,25H2,1-2H3,(H,29,32)(H,26,27,28). The number of nitrogens with zero attached hydrogens (tertiary/aromatic N) is 4. The van der Waals surface area contributed by atoms with Gasteiger partial charge in [-0.2, -0.15) is 0 Å². The Morgan fingerprint density at radius 1 is 1.00 bits per heavy atom.